The van der Waals surface area contributed by atoms with Crippen LogP contribution in [0.4, 0.5) is 10.5 Å². The number of anilines is 1. The topological polar surface area (TPSA) is 66.6 Å². The molecule has 0 aromatic heterocycles. The standard InChI is InChI=1S/C16H21N3O2/c1-16(14(17)20)9-4-5-10-19(16)15(21)18-11-8-12-6-2-3-7-13(12)18/h2-3,6-7H,4-5,8-11H2,1H3,(H2,17,20). The number of para-hydroxylation sites is 1. The van der Waals surface area contributed by atoms with E-state index in [1.807, 2.05) is 24.3 Å². The molecule has 1 saturated heterocycles. The van der Waals surface area contributed by atoms with Gasteiger partial charge in [0.2, 0.25) is 5.91 Å². The van der Waals surface area contributed by atoms with Crippen LogP contribution in [0.25, 0.3) is 0 Å². The van der Waals surface area contributed by atoms with Crippen LogP contribution >= 0.6 is 0 Å². The quantitative estimate of drug-likeness (QED) is 0.857. The number of piperidine rings is 1. The lowest BCUT2D eigenvalue weighted by atomic mass is 9.88. The molecule has 0 spiro atoms. The van der Waals surface area contributed by atoms with Crippen molar-refractivity contribution in [3.05, 3.63) is 29.8 Å². The molecule has 3 rings (SSSR count). The van der Waals surface area contributed by atoms with Crippen molar-refractivity contribution in [3.8, 4) is 0 Å². The summed E-state index contributed by atoms with van der Waals surface area (Å²) in [5.74, 6) is -0.414. The number of urea groups is 1. The van der Waals surface area contributed by atoms with Crippen molar-refractivity contribution in [1.82, 2.24) is 4.90 Å². The van der Waals surface area contributed by atoms with Crippen molar-refractivity contribution < 1.29 is 9.59 Å². The minimum absolute atomic E-state index is 0.0963. The Labute approximate surface area is 124 Å². The molecule has 1 atom stereocenters. The molecule has 0 bridgehead atoms. The van der Waals surface area contributed by atoms with Gasteiger partial charge in [0, 0.05) is 18.8 Å². The van der Waals surface area contributed by atoms with Crippen molar-refractivity contribution in [2.75, 3.05) is 18.0 Å². The summed E-state index contributed by atoms with van der Waals surface area (Å²) in [6, 6.07) is 7.84. The maximum absolute atomic E-state index is 12.9. The van der Waals surface area contributed by atoms with Crippen LogP contribution in [-0.2, 0) is 11.2 Å². The lowest BCUT2D eigenvalue weighted by molar-refractivity contribution is -0.129. The molecule has 112 valence electrons. The number of likely N-dealkylation sites (tertiary alicyclic amines) is 1. The molecular weight excluding hydrogens is 266 g/mol. The van der Waals surface area contributed by atoms with E-state index in [4.69, 9.17) is 5.73 Å². The van der Waals surface area contributed by atoms with E-state index in [-0.39, 0.29) is 6.03 Å². The van der Waals surface area contributed by atoms with E-state index in [2.05, 4.69) is 0 Å². The number of primary amides is 1. The van der Waals surface area contributed by atoms with Crippen LogP contribution in [0.2, 0.25) is 0 Å². The van der Waals surface area contributed by atoms with E-state index in [1.54, 1.807) is 16.7 Å². The van der Waals surface area contributed by atoms with Crippen LogP contribution < -0.4 is 10.6 Å². The second-order valence-electron chi connectivity index (χ2n) is 6.06. The van der Waals surface area contributed by atoms with Gasteiger partial charge in [0.25, 0.3) is 0 Å². The lowest BCUT2D eigenvalue weighted by Crippen LogP contribution is -2.62. The Morgan fingerprint density at radius 2 is 1.95 bits per heavy atom. The molecule has 5 heteroatoms. The normalized spacial score (nSPS) is 24.8. The molecule has 5 nitrogen and oxygen atoms in total. The molecule has 1 unspecified atom stereocenters. The van der Waals surface area contributed by atoms with Crippen LogP contribution in [0, 0.1) is 0 Å². The second-order valence-corrected chi connectivity index (χ2v) is 6.06. The van der Waals surface area contributed by atoms with Crippen LogP contribution in [0.1, 0.15) is 31.7 Å². The molecule has 2 aliphatic rings. The molecule has 1 fully saturated rings. The Kier molecular flexibility index (Phi) is 3.35. The molecule has 1 aromatic carbocycles. The maximum Gasteiger partial charge on any atom is 0.325 e. The largest absolute Gasteiger partial charge is 0.368 e. The van der Waals surface area contributed by atoms with Gasteiger partial charge >= 0.3 is 6.03 Å². The summed E-state index contributed by atoms with van der Waals surface area (Å²) in [6.45, 7) is 3.05. The van der Waals surface area contributed by atoms with Crippen molar-refractivity contribution in [2.45, 2.75) is 38.1 Å². The fourth-order valence-corrected chi connectivity index (χ4v) is 3.37. The number of benzene rings is 1. The molecule has 21 heavy (non-hydrogen) atoms. The number of hydrogen-bond donors (Lipinski definition) is 1. The monoisotopic (exact) mass is 287 g/mol. The summed E-state index contributed by atoms with van der Waals surface area (Å²) < 4.78 is 0. The Morgan fingerprint density at radius 3 is 2.71 bits per heavy atom. The van der Waals surface area contributed by atoms with Crippen LogP contribution in [-0.4, -0.2) is 35.5 Å². The molecule has 0 aliphatic carbocycles. The van der Waals surface area contributed by atoms with Gasteiger partial charge in [0.05, 0.1) is 0 Å². The van der Waals surface area contributed by atoms with Crippen molar-refractivity contribution >= 4 is 17.6 Å². The highest BCUT2D eigenvalue weighted by Gasteiger charge is 2.44. The fraction of sp³-hybridized carbons (Fsp3) is 0.500. The third-order valence-electron chi connectivity index (χ3n) is 4.77. The highest BCUT2D eigenvalue weighted by Crippen LogP contribution is 2.33. The number of carbonyl (C=O) groups excluding carboxylic acids is 2. The van der Waals surface area contributed by atoms with Crippen LogP contribution in [0.3, 0.4) is 0 Å². The van der Waals surface area contributed by atoms with E-state index in [1.165, 1.54) is 5.56 Å². The van der Waals surface area contributed by atoms with E-state index in [0.717, 1.165) is 24.9 Å². The summed E-state index contributed by atoms with van der Waals surface area (Å²) in [6.07, 6.45) is 3.36. The molecule has 3 amide bonds. The van der Waals surface area contributed by atoms with Crippen molar-refractivity contribution in [3.63, 3.8) is 0 Å². The number of nitrogens with zero attached hydrogens (tertiary/aromatic N) is 2. The van der Waals surface area contributed by atoms with Gasteiger partial charge in [-0.25, -0.2) is 4.79 Å². The zero-order chi connectivity index (χ0) is 15.0. The average Bonchev–Trinajstić information content (AvgIpc) is 2.91. The number of fused-ring (bicyclic) bond motifs is 1. The highest BCUT2D eigenvalue weighted by molar-refractivity contribution is 5.98. The summed E-state index contributed by atoms with van der Waals surface area (Å²) >= 11 is 0. The van der Waals surface area contributed by atoms with Crippen LogP contribution in [0.5, 0.6) is 0 Å². The Balaban J connectivity index is 1.90. The predicted octanol–water partition coefficient (Wildman–Crippen LogP) is 1.90. The first-order valence-corrected chi connectivity index (χ1v) is 7.51. The lowest BCUT2D eigenvalue weighted by Gasteiger charge is -2.44. The second kappa shape index (κ2) is 5.06. The van der Waals surface area contributed by atoms with E-state index in [0.29, 0.717) is 19.5 Å². The maximum atomic E-state index is 12.9. The van der Waals surface area contributed by atoms with Gasteiger partial charge in [-0.05, 0) is 44.2 Å². The molecule has 2 heterocycles. The molecular formula is C16H21N3O2. The Hall–Kier alpha value is -2.04. The number of hydrogen-bond acceptors (Lipinski definition) is 2. The fourth-order valence-electron chi connectivity index (χ4n) is 3.37. The van der Waals surface area contributed by atoms with Gasteiger partial charge < -0.3 is 10.6 Å². The predicted molar refractivity (Wildman–Crippen MR) is 81.0 cm³/mol. The number of carbonyl (C=O) groups is 2. The van der Waals surface area contributed by atoms with Gasteiger partial charge in [0.15, 0.2) is 0 Å². The zero-order valence-corrected chi connectivity index (χ0v) is 12.3. The van der Waals surface area contributed by atoms with Gasteiger partial charge in [-0.15, -0.1) is 0 Å². The van der Waals surface area contributed by atoms with Gasteiger partial charge in [-0.2, -0.15) is 0 Å². The third-order valence-corrected chi connectivity index (χ3v) is 4.77. The first-order chi connectivity index (χ1) is 10.0. The average molecular weight is 287 g/mol. The third kappa shape index (κ3) is 2.17. The summed E-state index contributed by atoms with van der Waals surface area (Å²) in [4.78, 5) is 28.2. The molecule has 1 aromatic rings. The van der Waals surface area contributed by atoms with Crippen LogP contribution in [0.15, 0.2) is 24.3 Å². The summed E-state index contributed by atoms with van der Waals surface area (Å²) in [5, 5.41) is 0. The molecule has 2 aliphatic heterocycles. The Bertz CT molecular complexity index is 587. The molecule has 0 radical (unpaired) electrons. The first kappa shape index (κ1) is 13.9. The van der Waals surface area contributed by atoms with E-state index < -0.39 is 11.4 Å². The summed E-state index contributed by atoms with van der Waals surface area (Å²) in [5.41, 5.74) is 6.85. The van der Waals surface area contributed by atoms with Gasteiger partial charge in [-0.1, -0.05) is 18.2 Å². The number of amides is 3. The van der Waals surface area contributed by atoms with Gasteiger partial charge in [-0.3, -0.25) is 9.69 Å². The molecule has 0 saturated carbocycles. The minimum Gasteiger partial charge on any atom is -0.368 e. The number of rotatable bonds is 1. The van der Waals surface area contributed by atoms with Crippen molar-refractivity contribution in [2.24, 2.45) is 5.73 Å². The Morgan fingerprint density at radius 1 is 1.19 bits per heavy atom. The van der Waals surface area contributed by atoms with Crippen molar-refractivity contribution in [1.29, 1.82) is 0 Å². The van der Waals surface area contributed by atoms with Gasteiger partial charge in [0.1, 0.15) is 5.54 Å². The number of nitrogens with two attached hydrogens (primary N) is 1. The first-order valence-electron chi connectivity index (χ1n) is 7.51. The summed E-state index contributed by atoms with van der Waals surface area (Å²) in [7, 11) is 0. The molecule has 2 N–H and O–H groups in total. The SMILES string of the molecule is CC1(C(N)=O)CCCCN1C(=O)N1CCc2ccccc21. The zero-order valence-electron chi connectivity index (χ0n) is 12.3. The highest BCUT2D eigenvalue weighted by atomic mass is 16.2. The van der Waals surface area contributed by atoms with E-state index in [9.17, 15) is 9.59 Å². The smallest absolute Gasteiger partial charge is 0.325 e. The minimum atomic E-state index is -0.868. The van der Waals surface area contributed by atoms with E-state index >= 15 is 0 Å².